The van der Waals surface area contributed by atoms with Crippen molar-refractivity contribution in [2.45, 2.75) is 44.4 Å². The summed E-state index contributed by atoms with van der Waals surface area (Å²) in [7, 11) is 0. The summed E-state index contributed by atoms with van der Waals surface area (Å²) in [5, 5.41) is 3.60. The molecule has 0 bridgehead atoms. The Kier molecular flexibility index (Phi) is 6.97. The van der Waals surface area contributed by atoms with Gasteiger partial charge in [0.25, 0.3) is 0 Å². The number of nitrogens with one attached hydrogen (secondary N) is 1. The predicted molar refractivity (Wildman–Crippen MR) is 89.0 cm³/mol. The quantitative estimate of drug-likeness (QED) is 0.874. The van der Waals surface area contributed by atoms with E-state index in [0.717, 1.165) is 13.2 Å². The van der Waals surface area contributed by atoms with Crippen molar-refractivity contribution < 1.29 is 4.74 Å². The average Bonchev–Trinajstić information content (AvgIpc) is 3.13. The normalized spacial score (nSPS) is 25.9. The van der Waals surface area contributed by atoms with Crippen LogP contribution in [0.3, 0.4) is 0 Å². The molecule has 0 saturated carbocycles. The van der Waals surface area contributed by atoms with Crippen molar-refractivity contribution in [1.29, 1.82) is 0 Å². The summed E-state index contributed by atoms with van der Waals surface area (Å²) in [6.45, 7) is 5.28. The molecule has 2 heterocycles. The van der Waals surface area contributed by atoms with E-state index in [-0.39, 0.29) is 12.4 Å². The highest BCUT2D eigenvalue weighted by Gasteiger charge is 2.27. The Morgan fingerprint density at radius 3 is 2.76 bits per heavy atom. The molecular weight excluding hydrogens is 284 g/mol. The van der Waals surface area contributed by atoms with Crippen molar-refractivity contribution in [1.82, 2.24) is 10.2 Å². The second kappa shape index (κ2) is 8.74. The number of rotatable bonds is 6. The van der Waals surface area contributed by atoms with Crippen LogP contribution in [0.25, 0.3) is 0 Å². The van der Waals surface area contributed by atoms with E-state index in [4.69, 9.17) is 4.74 Å². The molecule has 2 saturated heterocycles. The fourth-order valence-electron chi connectivity index (χ4n) is 3.41. The van der Waals surface area contributed by atoms with Crippen LogP contribution in [0.1, 0.15) is 31.2 Å². The number of halogens is 1. The monoisotopic (exact) mass is 310 g/mol. The molecule has 1 aromatic carbocycles. The molecule has 4 heteroatoms. The van der Waals surface area contributed by atoms with Crippen LogP contribution in [0.2, 0.25) is 0 Å². The van der Waals surface area contributed by atoms with Crippen LogP contribution in [0.15, 0.2) is 30.3 Å². The Bertz CT molecular complexity index is 395. The van der Waals surface area contributed by atoms with Crippen molar-refractivity contribution in [3.8, 4) is 0 Å². The Hall–Kier alpha value is -0.610. The van der Waals surface area contributed by atoms with E-state index in [1.165, 1.54) is 50.9 Å². The van der Waals surface area contributed by atoms with Crippen LogP contribution in [-0.2, 0) is 11.3 Å². The van der Waals surface area contributed by atoms with Gasteiger partial charge in [-0.2, -0.15) is 0 Å². The summed E-state index contributed by atoms with van der Waals surface area (Å²) >= 11 is 0. The largest absolute Gasteiger partial charge is 0.375 e. The first kappa shape index (κ1) is 16.8. The first-order chi connectivity index (χ1) is 9.92. The number of likely N-dealkylation sites (tertiary alicyclic amines) is 1. The molecule has 2 unspecified atom stereocenters. The third-order valence-electron chi connectivity index (χ3n) is 4.54. The molecule has 2 atom stereocenters. The fourth-order valence-corrected chi connectivity index (χ4v) is 3.41. The Morgan fingerprint density at radius 1 is 1.14 bits per heavy atom. The maximum Gasteiger partial charge on any atom is 0.0717 e. The number of benzene rings is 1. The highest BCUT2D eigenvalue weighted by Crippen LogP contribution is 2.20. The van der Waals surface area contributed by atoms with Crippen LogP contribution in [0.5, 0.6) is 0 Å². The molecule has 1 aromatic rings. The van der Waals surface area contributed by atoms with Crippen molar-refractivity contribution in [3.05, 3.63) is 35.9 Å². The van der Waals surface area contributed by atoms with Crippen LogP contribution in [-0.4, -0.2) is 43.2 Å². The Morgan fingerprint density at radius 2 is 2.00 bits per heavy atom. The van der Waals surface area contributed by atoms with E-state index in [0.29, 0.717) is 12.1 Å². The Labute approximate surface area is 134 Å². The lowest BCUT2D eigenvalue weighted by Gasteiger charge is -2.27. The fraction of sp³-hybridized carbons (Fsp3) is 0.647. The first-order valence-electron chi connectivity index (χ1n) is 8.01. The lowest BCUT2D eigenvalue weighted by Crippen LogP contribution is -2.41. The summed E-state index contributed by atoms with van der Waals surface area (Å²) in [5.41, 5.74) is 1.27. The summed E-state index contributed by atoms with van der Waals surface area (Å²) in [4.78, 5) is 2.63. The van der Waals surface area contributed by atoms with E-state index >= 15 is 0 Å². The summed E-state index contributed by atoms with van der Waals surface area (Å²) in [5.74, 6) is 0. The Balaban J connectivity index is 0.00000161. The van der Waals surface area contributed by atoms with Crippen molar-refractivity contribution in [2.24, 2.45) is 0 Å². The van der Waals surface area contributed by atoms with Gasteiger partial charge in [0, 0.05) is 18.6 Å². The van der Waals surface area contributed by atoms with Gasteiger partial charge >= 0.3 is 0 Å². The minimum Gasteiger partial charge on any atom is -0.375 e. The van der Waals surface area contributed by atoms with Crippen molar-refractivity contribution in [3.63, 3.8) is 0 Å². The first-order valence-corrected chi connectivity index (χ1v) is 8.01. The van der Waals surface area contributed by atoms with Crippen LogP contribution < -0.4 is 5.32 Å². The van der Waals surface area contributed by atoms with Gasteiger partial charge in [-0.25, -0.2) is 0 Å². The van der Waals surface area contributed by atoms with Crippen LogP contribution in [0.4, 0.5) is 0 Å². The standard InChI is InChI=1S/C17H26N2O.ClH/c1-2-6-15(7-3-1)13-20-14-17-9-5-11-19(17)12-16-8-4-10-18-16;/h1-3,6-7,16-18H,4-5,8-14H2;1H. The summed E-state index contributed by atoms with van der Waals surface area (Å²) < 4.78 is 5.94. The minimum atomic E-state index is 0. The average molecular weight is 311 g/mol. The van der Waals surface area contributed by atoms with Crippen molar-refractivity contribution in [2.75, 3.05) is 26.2 Å². The number of hydrogen-bond donors (Lipinski definition) is 1. The lowest BCUT2D eigenvalue weighted by atomic mass is 10.2. The van der Waals surface area contributed by atoms with Crippen LogP contribution in [0, 0.1) is 0 Å². The van der Waals surface area contributed by atoms with E-state index < -0.39 is 0 Å². The highest BCUT2D eigenvalue weighted by atomic mass is 35.5. The van der Waals surface area contributed by atoms with Gasteiger partial charge in [0.15, 0.2) is 0 Å². The van der Waals surface area contributed by atoms with Gasteiger partial charge in [-0.15, -0.1) is 12.4 Å². The number of ether oxygens (including phenoxy) is 1. The molecule has 21 heavy (non-hydrogen) atoms. The summed E-state index contributed by atoms with van der Waals surface area (Å²) in [6, 6.07) is 11.8. The zero-order valence-electron chi connectivity index (χ0n) is 12.7. The van der Waals surface area contributed by atoms with Gasteiger partial charge in [-0.1, -0.05) is 30.3 Å². The van der Waals surface area contributed by atoms with E-state index in [1.54, 1.807) is 0 Å². The smallest absolute Gasteiger partial charge is 0.0717 e. The third-order valence-corrected chi connectivity index (χ3v) is 4.54. The molecule has 0 aliphatic carbocycles. The van der Waals surface area contributed by atoms with Crippen molar-refractivity contribution >= 4 is 12.4 Å². The molecule has 0 amide bonds. The molecule has 2 aliphatic rings. The molecule has 1 N–H and O–H groups in total. The topological polar surface area (TPSA) is 24.5 Å². The zero-order valence-corrected chi connectivity index (χ0v) is 13.5. The second-order valence-corrected chi connectivity index (χ2v) is 6.08. The summed E-state index contributed by atoms with van der Waals surface area (Å²) in [6.07, 6.45) is 5.30. The molecular formula is C17H27ClN2O. The molecule has 3 rings (SSSR count). The predicted octanol–water partition coefficient (Wildman–Crippen LogP) is 2.84. The highest BCUT2D eigenvalue weighted by molar-refractivity contribution is 5.85. The second-order valence-electron chi connectivity index (χ2n) is 6.08. The van der Waals surface area contributed by atoms with Gasteiger partial charge in [0.05, 0.1) is 13.2 Å². The minimum absolute atomic E-state index is 0. The molecule has 0 aromatic heterocycles. The SMILES string of the molecule is Cl.c1ccc(COCC2CCCN2CC2CCCN2)cc1. The molecule has 2 fully saturated rings. The van der Waals surface area contributed by atoms with E-state index in [9.17, 15) is 0 Å². The molecule has 118 valence electrons. The van der Waals surface area contributed by atoms with E-state index in [1.807, 2.05) is 0 Å². The van der Waals surface area contributed by atoms with Gasteiger partial charge in [0.1, 0.15) is 0 Å². The lowest BCUT2D eigenvalue weighted by molar-refractivity contribution is 0.0642. The van der Waals surface area contributed by atoms with Gasteiger partial charge in [0.2, 0.25) is 0 Å². The third kappa shape index (κ3) is 4.96. The molecule has 0 radical (unpaired) electrons. The maximum absolute atomic E-state index is 5.94. The van der Waals surface area contributed by atoms with Gasteiger partial charge in [-0.05, 0) is 44.3 Å². The van der Waals surface area contributed by atoms with Crippen LogP contribution >= 0.6 is 12.4 Å². The number of nitrogens with zero attached hydrogens (tertiary/aromatic N) is 1. The molecule has 3 nitrogen and oxygen atoms in total. The maximum atomic E-state index is 5.94. The molecule has 2 aliphatic heterocycles. The zero-order chi connectivity index (χ0) is 13.6. The number of hydrogen-bond acceptors (Lipinski definition) is 3. The van der Waals surface area contributed by atoms with E-state index in [2.05, 4.69) is 40.5 Å². The van der Waals surface area contributed by atoms with Gasteiger partial charge in [-0.3, -0.25) is 4.90 Å². The molecule has 0 spiro atoms. The van der Waals surface area contributed by atoms with Gasteiger partial charge < -0.3 is 10.1 Å².